The molecular weight excluding hydrogens is 316 g/mol. The van der Waals surface area contributed by atoms with Crippen LogP contribution in [0, 0.1) is 5.92 Å². The number of carbonyl (C=O) groups is 2. The highest BCUT2D eigenvalue weighted by atomic mass is 16.5. The summed E-state index contributed by atoms with van der Waals surface area (Å²) in [5, 5.41) is 5.70. The largest absolute Gasteiger partial charge is 0.496 e. The maximum absolute atomic E-state index is 12.4. The lowest BCUT2D eigenvalue weighted by Crippen LogP contribution is -2.39. The molecule has 130 valence electrons. The van der Waals surface area contributed by atoms with Gasteiger partial charge in [-0.05, 0) is 24.5 Å². The van der Waals surface area contributed by atoms with Gasteiger partial charge in [-0.25, -0.2) is 0 Å². The molecule has 0 unspecified atom stereocenters. The Hall–Kier alpha value is -2.82. The van der Waals surface area contributed by atoms with Gasteiger partial charge in [0.05, 0.1) is 19.7 Å². The van der Waals surface area contributed by atoms with Crippen LogP contribution in [0.4, 0.5) is 0 Å². The van der Waals surface area contributed by atoms with Gasteiger partial charge in [-0.1, -0.05) is 48.5 Å². The third-order valence-electron chi connectivity index (χ3n) is 4.26. The van der Waals surface area contributed by atoms with Crippen LogP contribution in [0.1, 0.15) is 30.0 Å². The second kappa shape index (κ2) is 7.83. The fraction of sp³-hybridized carbons (Fsp3) is 0.300. The van der Waals surface area contributed by atoms with Gasteiger partial charge in [0, 0.05) is 11.5 Å². The van der Waals surface area contributed by atoms with E-state index in [0.29, 0.717) is 5.75 Å². The number of amides is 2. The van der Waals surface area contributed by atoms with E-state index in [1.54, 1.807) is 7.11 Å². The molecule has 0 aromatic heterocycles. The van der Waals surface area contributed by atoms with Crippen molar-refractivity contribution in [2.45, 2.75) is 18.9 Å². The molecule has 0 heterocycles. The highest BCUT2D eigenvalue weighted by molar-refractivity contribution is 5.87. The smallest absolute Gasteiger partial charge is 0.240 e. The summed E-state index contributed by atoms with van der Waals surface area (Å²) >= 11 is 0. The molecule has 1 aliphatic carbocycles. The van der Waals surface area contributed by atoms with Crippen LogP contribution in [-0.2, 0) is 9.59 Å². The monoisotopic (exact) mass is 338 g/mol. The number of hydrogen-bond acceptors (Lipinski definition) is 3. The Labute approximate surface area is 147 Å². The predicted octanol–water partition coefficient (Wildman–Crippen LogP) is 2.43. The van der Waals surface area contributed by atoms with Gasteiger partial charge < -0.3 is 15.4 Å². The van der Waals surface area contributed by atoms with Gasteiger partial charge in [-0.15, -0.1) is 0 Å². The maximum Gasteiger partial charge on any atom is 0.240 e. The lowest BCUT2D eigenvalue weighted by atomic mass is 9.97. The Balaban J connectivity index is 1.77. The molecule has 2 aromatic carbocycles. The van der Waals surface area contributed by atoms with Crippen LogP contribution in [0.15, 0.2) is 54.6 Å². The van der Waals surface area contributed by atoms with Crippen molar-refractivity contribution in [3.63, 3.8) is 0 Å². The van der Waals surface area contributed by atoms with Gasteiger partial charge in [0.1, 0.15) is 5.75 Å². The molecule has 2 aromatic rings. The molecule has 25 heavy (non-hydrogen) atoms. The first-order valence-corrected chi connectivity index (χ1v) is 8.44. The number of nitrogens with one attached hydrogen (secondary N) is 2. The van der Waals surface area contributed by atoms with E-state index in [9.17, 15) is 9.59 Å². The first-order valence-electron chi connectivity index (χ1n) is 8.44. The normalized spacial score (nSPS) is 14.4. The quantitative estimate of drug-likeness (QED) is 0.815. The summed E-state index contributed by atoms with van der Waals surface area (Å²) < 4.78 is 5.45. The maximum atomic E-state index is 12.4. The van der Waals surface area contributed by atoms with Gasteiger partial charge in [-0.3, -0.25) is 9.59 Å². The summed E-state index contributed by atoms with van der Waals surface area (Å²) in [6, 6.07) is 17.0. The van der Waals surface area contributed by atoms with Crippen molar-refractivity contribution < 1.29 is 14.3 Å². The number of methoxy groups -OCH3 is 1. The van der Waals surface area contributed by atoms with E-state index in [0.717, 1.165) is 24.0 Å². The van der Waals surface area contributed by atoms with Gasteiger partial charge in [0.25, 0.3) is 0 Å². The van der Waals surface area contributed by atoms with Crippen molar-refractivity contribution >= 4 is 11.8 Å². The second-order valence-electron chi connectivity index (χ2n) is 6.15. The minimum Gasteiger partial charge on any atom is -0.496 e. The van der Waals surface area contributed by atoms with E-state index in [1.807, 2.05) is 54.6 Å². The molecule has 1 atom stereocenters. The Morgan fingerprint density at radius 2 is 1.76 bits per heavy atom. The molecule has 5 heteroatoms. The summed E-state index contributed by atoms with van der Waals surface area (Å²) in [5.74, 6) is 0.531. The number of carbonyl (C=O) groups excluding carboxylic acids is 2. The topological polar surface area (TPSA) is 67.4 Å². The minimum absolute atomic E-state index is 0.0200. The third kappa shape index (κ3) is 4.38. The van der Waals surface area contributed by atoms with Crippen molar-refractivity contribution in [1.82, 2.24) is 10.6 Å². The molecule has 1 fully saturated rings. The first kappa shape index (κ1) is 17.0. The van der Waals surface area contributed by atoms with E-state index in [4.69, 9.17) is 4.74 Å². The van der Waals surface area contributed by atoms with Crippen LogP contribution in [0.25, 0.3) is 0 Å². The van der Waals surface area contributed by atoms with Gasteiger partial charge in [0.2, 0.25) is 11.8 Å². The molecule has 0 saturated heterocycles. The molecule has 2 N–H and O–H groups in total. The van der Waals surface area contributed by atoms with Gasteiger partial charge in [0.15, 0.2) is 0 Å². The summed E-state index contributed by atoms with van der Waals surface area (Å²) in [7, 11) is 1.61. The molecule has 5 nitrogen and oxygen atoms in total. The Morgan fingerprint density at radius 3 is 2.44 bits per heavy atom. The lowest BCUT2D eigenvalue weighted by Gasteiger charge is -2.22. The van der Waals surface area contributed by atoms with Crippen LogP contribution in [0.3, 0.4) is 0 Å². The van der Waals surface area contributed by atoms with E-state index in [1.165, 1.54) is 0 Å². The summed E-state index contributed by atoms with van der Waals surface area (Å²) in [6.45, 7) is -0.0200. The zero-order chi connectivity index (χ0) is 17.6. The molecule has 0 spiro atoms. The van der Waals surface area contributed by atoms with E-state index < -0.39 is 0 Å². The van der Waals surface area contributed by atoms with E-state index in [2.05, 4.69) is 10.6 Å². The zero-order valence-corrected chi connectivity index (χ0v) is 14.2. The fourth-order valence-corrected chi connectivity index (χ4v) is 2.76. The number of benzene rings is 2. The van der Waals surface area contributed by atoms with Crippen LogP contribution < -0.4 is 15.4 Å². The molecule has 0 aliphatic heterocycles. The van der Waals surface area contributed by atoms with Crippen molar-refractivity contribution in [2.75, 3.05) is 13.7 Å². The number of ether oxygens (including phenoxy) is 1. The fourth-order valence-electron chi connectivity index (χ4n) is 2.76. The van der Waals surface area contributed by atoms with Crippen LogP contribution in [0.5, 0.6) is 5.75 Å². The predicted molar refractivity (Wildman–Crippen MR) is 95.2 cm³/mol. The SMILES string of the molecule is COc1ccccc1[C@@H](NC(=O)CNC(=O)C1CC1)c1ccccc1. The second-order valence-corrected chi connectivity index (χ2v) is 6.15. The highest BCUT2D eigenvalue weighted by Crippen LogP contribution is 2.30. The number of para-hydroxylation sites is 1. The summed E-state index contributed by atoms with van der Waals surface area (Å²) in [4.78, 5) is 24.1. The van der Waals surface area contributed by atoms with Crippen molar-refractivity contribution in [2.24, 2.45) is 5.92 Å². The molecule has 2 amide bonds. The average Bonchev–Trinajstić information content (AvgIpc) is 3.50. The first-order chi connectivity index (χ1) is 12.2. The Kier molecular flexibility index (Phi) is 5.33. The number of rotatable bonds is 7. The van der Waals surface area contributed by atoms with Crippen molar-refractivity contribution in [1.29, 1.82) is 0 Å². The summed E-state index contributed by atoms with van der Waals surface area (Å²) in [5.41, 5.74) is 1.83. The zero-order valence-electron chi connectivity index (χ0n) is 14.2. The molecule has 1 saturated carbocycles. The summed E-state index contributed by atoms with van der Waals surface area (Å²) in [6.07, 6.45) is 1.84. The third-order valence-corrected chi connectivity index (χ3v) is 4.26. The van der Waals surface area contributed by atoms with E-state index in [-0.39, 0.29) is 30.3 Å². The minimum atomic E-state index is -0.345. The molecule has 1 aliphatic rings. The van der Waals surface area contributed by atoms with Crippen molar-refractivity contribution in [3.05, 3.63) is 65.7 Å². The Bertz CT molecular complexity index is 742. The van der Waals surface area contributed by atoms with E-state index >= 15 is 0 Å². The molecule has 0 radical (unpaired) electrons. The van der Waals surface area contributed by atoms with Gasteiger partial charge in [-0.2, -0.15) is 0 Å². The Morgan fingerprint density at radius 1 is 1.08 bits per heavy atom. The van der Waals surface area contributed by atoms with Crippen LogP contribution in [0.2, 0.25) is 0 Å². The standard InChI is InChI=1S/C20H22N2O3/c1-25-17-10-6-5-9-16(17)19(14-7-3-2-4-8-14)22-18(23)13-21-20(24)15-11-12-15/h2-10,15,19H,11-13H2,1H3,(H,21,24)(H,22,23)/t19-/m0/s1. The van der Waals surface area contributed by atoms with Gasteiger partial charge >= 0.3 is 0 Å². The average molecular weight is 338 g/mol. The molecule has 3 rings (SSSR count). The van der Waals surface area contributed by atoms with Crippen LogP contribution in [-0.4, -0.2) is 25.5 Å². The van der Waals surface area contributed by atoms with Crippen molar-refractivity contribution in [3.8, 4) is 5.75 Å². The molecule has 0 bridgehead atoms. The number of hydrogen-bond donors (Lipinski definition) is 2. The molecular formula is C20H22N2O3. The highest BCUT2D eigenvalue weighted by Gasteiger charge is 2.29. The van der Waals surface area contributed by atoms with Crippen LogP contribution >= 0.6 is 0 Å². The lowest BCUT2D eigenvalue weighted by molar-refractivity contribution is -0.127.